The minimum Gasteiger partial charge on any atom is -0.505 e. The van der Waals surface area contributed by atoms with Crippen molar-refractivity contribution in [3.63, 3.8) is 0 Å². The maximum Gasteiger partial charge on any atom is 0.301 e. The maximum atomic E-state index is 13.8. The number of benzene rings is 2. The average Bonchev–Trinajstić information content (AvgIpc) is 3.74. The normalized spacial score (nSPS) is 16.1. The van der Waals surface area contributed by atoms with Gasteiger partial charge in [-0.05, 0) is 61.2 Å². The van der Waals surface area contributed by atoms with Crippen molar-refractivity contribution in [3.8, 4) is 5.75 Å². The molecule has 0 aliphatic carbocycles. The van der Waals surface area contributed by atoms with Crippen molar-refractivity contribution in [2.24, 2.45) is 0 Å². The van der Waals surface area contributed by atoms with E-state index in [0.717, 1.165) is 30.4 Å². The molecule has 1 saturated heterocycles. The second kappa shape index (κ2) is 13.7. The topological polar surface area (TPSA) is 110 Å². The van der Waals surface area contributed by atoms with E-state index in [4.69, 9.17) is 16.3 Å². The smallest absolute Gasteiger partial charge is 0.301 e. The number of carbonyl (C=O) groups is 2. The lowest BCUT2D eigenvalue weighted by Gasteiger charge is -2.22. The molecule has 0 saturated carbocycles. The van der Waals surface area contributed by atoms with E-state index >= 15 is 0 Å². The molecule has 1 unspecified atom stereocenters. The van der Waals surface area contributed by atoms with Crippen LogP contribution >= 0.6 is 34.7 Å². The SMILES string of the molecule is CCCCCOc1ccc(C2C(=C(O)c3nc4c(C)cccn4c3C)C(=O)C(=O)N2c2nnc(SCc3ccccc3Cl)s2)cc1. The second-order valence-corrected chi connectivity index (χ2v) is 13.5. The first-order valence-corrected chi connectivity index (χ1v) is 17.1. The summed E-state index contributed by atoms with van der Waals surface area (Å²) in [5, 5.41) is 21.3. The minimum absolute atomic E-state index is 0.0637. The number of hydrogen-bond acceptors (Lipinski definition) is 9. The Bertz CT molecular complexity index is 1950. The summed E-state index contributed by atoms with van der Waals surface area (Å²) in [6.45, 7) is 6.47. The summed E-state index contributed by atoms with van der Waals surface area (Å²) >= 11 is 8.97. The fraction of sp³-hybridized carbons (Fsp3) is 0.265. The fourth-order valence-corrected chi connectivity index (χ4v) is 7.57. The zero-order valence-corrected chi connectivity index (χ0v) is 28.0. The molecule has 9 nitrogen and oxygen atoms in total. The van der Waals surface area contributed by atoms with E-state index in [9.17, 15) is 14.7 Å². The first-order chi connectivity index (χ1) is 22.3. The third kappa shape index (κ3) is 6.14. The third-order valence-corrected chi connectivity index (χ3v) is 10.3. The highest BCUT2D eigenvalue weighted by atomic mass is 35.5. The number of thioether (sulfide) groups is 1. The van der Waals surface area contributed by atoms with Crippen LogP contribution < -0.4 is 9.64 Å². The summed E-state index contributed by atoms with van der Waals surface area (Å²) in [5.41, 5.74) is 3.94. The number of nitrogens with zero attached hydrogens (tertiary/aromatic N) is 5. The summed E-state index contributed by atoms with van der Waals surface area (Å²) in [4.78, 5) is 33.5. The van der Waals surface area contributed by atoms with Gasteiger partial charge in [-0.3, -0.25) is 14.5 Å². The van der Waals surface area contributed by atoms with Crippen LogP contribution in [0.2, 0.25) is 5.02 Å². The Labute approximate surface area is 279 Å². The molecule has 1 fully saturated rings. The quantitative estimate of drug-likeness (QED) is 0.0376. The highest BCUT2D eigenvalue weighted by Gasteiger charge is 2.49. The molecular weight excluding hydrogens is 642 g/mol. The van der Waals surface area contributed by atoms with Gasteiger partial charge in [-0.25, -0.2) is 4.98 Å². The van der Waals surface area contributed by atoms with E-state index in [1.807, 2.05) is 73.0 Å². The molecule has 1 atom stereocenters. The minimum atomic E-state index is -0.964. The van der Waals surface area contributed by atoms with Crippen LogP contribution in [0.3, 0.4) is 0 Å². The molecule has 6 rings (SSSR count). The largest absolute Gasteiger partial charge is 0.505 e. The first kappa shape index (κ1) is 31.8. The van der Waals surface area contributed by atoms with Crippen LogP contribution in [-0.4, -0.2) is 43.0 Å². The fourth-order valence-electron chi connectivity index (χ4n) is 5.42. The molecule has 0 spiro atoms. The Balaban J connectivity index is 1.40. The molecule has 1 amide bonds. The molecule has 0 bridgehead atoms. The number of imidazole rings is 1. The van der Waals surface area contributed by atoms with Gasteiger partial charge in [0.1, 0.15) is 17.1 Å². The summed E-state index contributed by atoms with van der Waals surface area (Å²) in [6, 6.07) is 17.6. The lowest BCUT2D eigenvalue weighted by atomic mass is 9.96. The first-order valence-electron chi connectivity index (χ1n) is 15.0. The van der Waals surface area contributed by atoms with Crippen LogP contribution in [0.25, 0.3) is 11.4 Å². The third-order valence-electron chi connectivity index (χ3n) is 7.88. The standard InChI is InChI=1S/C34H32ClN5O4S2/c1-4-5-8-18-44-24-15-13-22(14-16-24)28-26(29(41)27-21(3)39-17-9-10-20(2)31(39)36-27)30(42)32(43)40(28)33-37-38-34(46-33)45-19-23-11-6-7-12-25(23)35/h6-7,9-17,28,41H,4-5,8,18-19H2,1-3H3. The predicted octanol–water partition coefficient (Wildman–Crippen LogP) is 7.94. The van der Waals surface area contributed by atoms with Crippen molar-refractivity contribution in [1.29, 1.82) is 0 Å². The van der Waals surface area contributed by atoms with E-state index < -0.39 is 17.7 Å². The number of ketones is 1. The number of pyridine rings is 1. The molecule has 0 radical (unpaired) electrons. The number of aryl methyl sites for hydroxylation is 2. The zero-order valence-electron chi connectivity index (χ0n) is 25.6. The Morgan fingerprint density at radius 1 is 1.04 bits per heavy atom. The number of Topliss-reactive ketones (excluding diaryl/α,β-unsaturated/α-hetero) is 1. The van der Waals surface area contributed by atoms with E-state index in [1.54, 1.807) is 12.1 Å². The predicted molar refractivity (Wildman–Crippen MR) is 182 cm³/mol. The van der Waals surface area contributed by atoms with Crippen molar-refractivity contribution in [3.05, 3.63) is 106 Å². The molecule has 46 heavy (non-hydrogen) atoms. The van der Waals surface area contributed by atoms with Crippen LogP contribution in [0.1, 0.15) is 60.3 Å². The molecule has 1 aliphatic heterocycles. The lowest BCUT2D eigenvalue weighted by Crippen LogP contribution is -2.29. The summed E-state index contributed by atoms with van der Waals surface area (Å²) in [7, 11) is 0. The Morgan fingerprint density at radius 3 is 2.57 bits per heavy atom. The zero-order chi connectivity index (χ0) is 32.4. The van der Waals surface area contributed by atoms with Gasteiger partial charge in [0.15, 0.2) is 10.1 Å². The number of aliphatic hydroxyl groups excluding tert-OH is 1. The van der Waals surface area contributed by atoms with Crippen LogP contribution in [0.15, 0.2) is 76.8 Å². The molecule has 236 valence electrons. The van der Waals surface area contributed by atoms with E-state index in [0.29, 0.717) is 44.4 Å². The Kier molecular flexibility index (Phi) is 9.44. The Morgan fingerprint density at radius 2 is 1.83 bits per heavy atom. The monoisotopic (exact) mass is 673 g/mol. The van der Waals surface area contributed by atoms with E-state index in [1.165, 1.54) is 28.0 Å². The van der Waals surface area contributed by atoms with Gasteiger partial charge in [0, 0.05) is 17.0 Å². The number of anilines is 1. The number of unbranched alkanes of at least 4 members (excludes halogenated alkanes) is 2. The molecule has 1 aliphatic rings. The van der Waals surface area contributed by atoms with E-state index in [-0.39, 0.29) is 22.2 Å². The molecule has 12 heteroatoms. The van der Waals surface area contributed by atoms with Crippen molar-refractivity contribution >= 4 is 62.9 Å². The molecule has 5 aromatic rings. The molecule has 4 heterocycles. The molecule has 2 aromatic carbocycles. The highest BCUT2D eigenvalue weighted by molar-refractivity contribution is 8.00. The number of halogens is 1. The van der Waals surface area contributed by atoms with Crippen molar-refractivity contribution in [1.82, 2.24) is 19.6 Å². The number of fused-ring (bicyclic) bond motifs is 1. The second-order valence-electron chi connectivity index (χ2n) is 11.0. The van der Waals surface area contributed by atoms with Crippen LogP contribution in [-0.2, 0) is 15.3 Å². The van der Waals surface area contributed by atoms with Gasteiger partial charge in [-0.2, -0.15) is 0 Å². The van der Waals surface area contributed by atoms with Gasteiger partial charge < -0.3 is 14.2 Å². The van der Waals surface area contributed by atoms with E-state index in [2.05, 4.69) is 22.1 Å². The molecule has 3 aromatic heterocycles. The Hall–Kier alpha value is -4.19. The van der Waals surface area contributed by atoms with Gasteiger partial charge in [0.05, 0.1) is 23.9 Å². The van der Waals surface area contributed by atoms with Crippen LogP contribution in [0.5, 0.6) is 5.75 Å². The maximum absolute atomic E-state index is 13.8. The van der Waals surface area contributed by atoms with Gasteiger partial charge in [-0.15, -0.1) is 10.2 Å². The lowest BCUT2D eigenvalue weighted by molar-refractivity contribution is -0.132. The molecule has 1 N–H and O–H groups in total. The highest BCUT2D eigenvalue weighted by Crippen LogP contribution is 2.44. The van der Waals surface area contributed by atoms with Crippen LogP contribution in [0, 0.1) is 13.8 Å². The summed E-state index contributed by atoms with van der Waals surface area (Å²) in [5.74, 6) is -0.733. The van der Waals surface area contributed by atoms with Gasteiger partial charge in [-0.1, -0.05) is 90.9 Å². The number of amides is 1. The number of aliphatic hydroxyl groups is 1. The van der Waals surface area contributed by atoms with Gasteiger partial charge in [0.25, 0.3) is 5.78 Å². The average molecular weight is 674 g/mol. The summed E-state index contributed by atoms with van der Waals surface area (Å²) < 4.78 is 8.37. The summed E-state index contributed by atoms with van der Waals surface area (Å²) in [6.07, 6.45) is 4.97. The number of carbonyl (C=O) groups excluding carboxylic acids is 2. The number of ether oxygens (including phenoxy) is 1. The molecular formula is C34H32ClN5O4S2. The van der Waals surface area contributed by atoms with Gasteiger partial charge >= 0.3 is 5.91 Å². The number of aromatic nitrogens is 4. The van der Waals surface area contributed by atoms with Crippen molar-refractivity contribution < 1.29 is 19.4 Å². The number of rotatable bonds is 11. The van der Waals surface area contributed by atoms with Gasteiger partial charge in [0.2, 0.25) is 5.13 Å². The van der Waals surface area contributed by atoms with Crippen LogP contribution in [0.4, 0.5) is 5.13 Å². The van der Waals surface area contributed by atoms with Crippen molar-refractivity contribution in [2.45, 2.75) is 56.2 Å². The van der Waals surface area contributed by atoms with Crippen molar-refractivity contribution in [2.75, 3.05) is 11.5 Å². The number of hydrogen-bond donors (Lipinski definition) is 1.